The number of sulfonamides is 1. The Morgan fingerprint density at radius 1 is 1.18 bits per heavy atom. The minimum atomic E-state index is -4.72. The molecule has 2 aliphatic rings. The molecule has 0 saturated heterocycles. The average Bonchev–Trinajstić information content (AvgIpc) is 3.05. The molecule has 1 aromatic carbocycles. The first-order valence-corrected chi connectivity index (χ1v) is 12.6. The van der Waals surface area contributed by atoms with Gasteiger partial charge in [-0.1, -0.05) is 26.0 Å². The summed E-state index contributed by atoms with van der Waals surface area (Å²) in [6, 6.07) is 5.89. The molecule has 0 bridgehead atoms. The van der Waals surface area contributed by atoms with Gasteiger partial charge in [0.25, 0.3) is 0 Å². The number of fused-ring (bicyclic) bond motifs is 1. The van der Waals surface area contributed by atoms with Crippen LogP contribution in [0.15, 0.2) is 35.5 Å². The molecule has 11 heteroatoms. The molecule has 34 heavy (non-hydrogen) atoms. The lowest BCUT2D eigenvalue weighted by molar-refractivity contribution is -0.147. The highest BCUT2D eigenvalue weighted by molar-refractivity contribution is 7.89. The Labute approximate surface area is 197 Å². The van der Waals surface area contributed by atoms with Crippen LogP contribution in [0.2, 0.25) is 0 Å². The highest BCUT2D eigenvalue weighted by Gasteiger charge is 2.46. The molecule has 1 aromatic heterocycles. The van der Waals surface area contributed by atoms with Crippen molar-refractivity contribution < 1.29 is 21.6 Å². The first-order valence-electron chi connectivity index (χ1n) is 11.2. The van der Waals surface area contributed by atoms with Crippen molar-refractivity contribution in [2.45, 2.75) is 81.1 Å². The fourth-order valence-corrected chi connectivity index (χ4v) is 5.49. The Hall–Kier alpha value is -2.71. The SMILES string of the molecule is CC(C)c1ccc2c(c1)N(C1CCC1)C(c1ncc(S(=O)(=O)N[C@@H](C)C(F)(F)F)cn1)C2C#N. The van der Waals surface area contributed by atoms with Crippen LogP contribution in [0.3, 0.4) is 0 Å². The van der Waals surface area contributed by atoms with E-state index in [0.717, 1.165) is 55.4 Å². The molecule has 7 nitrogen and oxygen atoms in total. The second-order valence-corrected chi connectivity index (χ2v) is 10.9. The van der Waals surface area contributed by atoms with E-state index in [-0.39, 0.29) is 11.9 Å². The van der Waals surface area contributed by atoms with Crippen molar-refractivity contribution in [2.24, 2.45) is 0 Å². The minimum Gasteiger partial charge on any atom is -0.356 e. The molecule has 2 aromatic rings. The number of hydrogen-bond donors (Lipinski definition) is 1. The van der Waals surface area contributed by atoms with Crippen molar-refractivity contribution in [3.05, 3.63) is 47.5 Å². The van der Waals surface area contributed by atoms with Crippen molar-refractivity contribution in [1.82, 2.24) is 14.7 Å². The summed E-state index contributed by atoms with van der Waals surface area (Å²) in [7, 11) is -4.47. The van der Waals surface area contributed by atoms with Crippen molar-refractivity contribution >= 4 is 15.7 Å². The van der Waals surface area contributed by atoms with E-state index in [1.807, 2.05) is 12.1 Å². The number of benzene rings is 1. The molecule has 2 heterocycles. The maximum atomic E-state index is 12.8. The van der Waals surface area contributed by atoms with Crippen LogP contribution in [0.25, 0.3) is 0 Å². The third-order valence-corrected chi connectivity index (χ3v) is 8.10. The van der Waals surface area contributed by atoms with Gasteiger partial charge in [-0.3, -0.25) is 0 Å². The number of alkyl halides is 3. The predicted octanol–water partition coefficient (Wildman–Crippen LogP) is 4.55. The highest BCUT2D eigenvalue weighted by Crippen LogP contribution is 2.52. The van der Waals surface area contributed by atoms with Crippen LogP contribution in [-0.2, 0) is 10.0 Å². The summed E-state index contributed by atoms with van der Waals surface area (Å²) < 4.78 is 64.8. The molecule has 0 amide bonds. The Morgan fingerprint density at radius 3 is 2.32 bits per heavy atom. The summed E-state index contributed by atoms with van der Waals surface area (Å²) in [5.41, 5.74) is 2.99. The summed E-state index contributed by atoms with van der Waals surface area (Å²) in [4.78, 5) is 10.2. The topological polar surface area (TPSA) is 99.0 Å². The van der Waals surface area contributed by atoms with E-state index in [1.54, 1.807) is 4.72 Å². The molecule has 182 valence electrons. The van der Waals surface area contributed by atoms with Gasteiger partial charge in [0.15, 0.2) is 5.82 Å². The first kappa shape index (κ1) is 24.4. The quantitative estimate of drug-likeness (QED) is 0.634. The number of rotatable bonds is 6. The highest BCUT2D eigenvalue weighted by atomic mass is 32.2. The van der Waals surface area contributed by atoms with Gasteiger partial charge in [-0.05, 0) is 49.3 Å². The van der Waals surface area contributed by atoms with Gasteiger partial charge in [0.1, 0.15) is 22.9 Å². The van der Waals surface area contributed by atoms with E-state index >= 15 is 0 Å². The van der Waals surface area contributed by atoms with Crippen LogP contribution < -0.4 is 9.62 Å². The lowest BCUT2D eigenvalue weighted by Gasteiger charge is -2.40. The van der Waals surface area contributed by atoms with Crippen LogP contribution in [0.4, 0.5) is 18.9 Å². The number of anilines is 1. The van der Waals surface area contributed by atoms with Crippen LogP contribution in [-0.4, -0.2) is 36.6 Å². The fraction of sp³-hybridized carbons (Fsp3) is 0.522. The third kappa shape index (κ3) is 4.36. The second-order valence-electron chi connectivity index (χ2n) is 9.18. The Kier molecular flexibility index (Phi) is 6.33. The lowest BCUT2D eigenvalue weighted by Crippen LogP contribution is -2.43. The molecule has 1 saturated carbocycles. The van der Waals surface area contributed by atoms with Gasteiger partial charge in [0.05, 0.1) is 18.5 Å². The number of halogens is 3. The van der Waals surface area contributed by atoms with Gasteiger partial charge >= 0.3 is 6.18 Å². The largest absolute Gasteiger partial charge is 0.404 e. The standard InChI is InChI=1S/C23H26F3N5O2S/c1-13(2)15-7-8-18-19(10-27)21(31(20(18)9-15)16-5-4-6-16)22-28-11-17(12-29-22)34(32,33)30-14(3)23(24,25)26/h7-9,11-14,16,19,21,30H,4-6H2,1-3H3/t14-,19?,21?/m0/s1. The van der Waals surface area contributed by atoms with Gasteiger partial charge in [-0.2, -0.15) is 23.2 Å². The molecule has 1 fully saturated rings. The normalized spacial score (nSPS) is 21.8. The number of nitriles is 1. The minimum absolute atomic E-state index is 0.214. The fourth-order valence-electron chi connectivity index (χ4n) is 4.37. The van der Waals surface area contributed by atoms with E-state index < -0.39 is 39.1 Å². The monoisotopic (exact) mass is 493 g/mol. The smallest absolute Gasteiger partial charge is 0.356 e. The molecule has 4 rings (SSSR count). The van der Waals surface area contributed by atoms with E-state index in [4.69, 9.17) is 0 Å². The second kappa shape index (κ2) is 8.82. The van der Waals surface area contributed by atoms with E-state index in [0.29, 0.717) is 5.92 Å². The molecule has 3 atom stereocenters. The molecule has 1 aliphatic heterocycles. The zero-order chi connectivity index (χ0) is 24.8. The molecule has 1 aliphatic carbocycles. The number of aromatic nitrogens is 2. The first-order chi connectivity index (χ1) is 15.9. The van der Waals surface area contributed by atoms with Crippen LogP contribution in [0.5, 0.6) is 0 Å². The van der Waals surface area contributed by atoms with Crippen molar-refractivity contribution in [3.8, 4) is 6.07 Å². The van der Waals surface area contributed by atoms with E-state index in [2.05, 4.69) is 40.9 Å². The van der Waals surface area contributed by atoms with Gasteiger partial charge in [-0.25, -0.2) is 18.4 Å². The van der Waals surface area contributed by atoms with Crippen LogP contribution >= 0.6 is 0 Å². The summed E-state index contributed by atoms with van der Waals surface area (Å²) in [6.07, 6.45) is 0.289. The molecular weight excluding hydrogens is 467 g/mol. The average molecular weight is 494 g/mol. The third-order valence-electron chi connectivity index (χ3n) is 6.60. The molecule has 0 spiro atoms. The molecule has 0 radical (unpaired) electrons. The number of nitrogens with zero attached hydrogens (tertiary/aromatic N) is 4. The summed E-state index contributed by atoms with van der Waals surface area (Å²) in [5.74, 6) is 0.0201. The van der Waals surface area contributed by atoms with E-state index in [9.17, 15) is 26.9 Å². The number of nitrogens with one attached hydrogen (secondary N) is 1. The van der Waals surface area contributed by atoms with Crippen molar-refractivity contribution in [1.29, 1.82) is 5.26 Å². The molecular formula is C23H26F3N5O2S. The van der Waals surface area contributed by atoms with Crippen LogP contribution in [0.1, 0.15) is 74.9 Å². The molecule has 1 N–H and O–H groups in total. The maximum Gasteiger partial charge on any atom is 0.404 e. The zero-order valence-corrected chi connectivity index (χ0v) is 19.9. The van der Waals surface area contributed by atoms with Crippen molar-refractivity contribution in [3.63, 3.8) is 0 Å². The Bertz CT molecular complexity index is 1200. The van der Waals surface area contributed by atoms with Gasteiger partial charge < -0.3 is 4.90 Å². The van der Waals surface area contributed by atoms with Crippen LogP contribution in [0, 0.1) is 11.3 Å². The Morgan fingerprint density at radius 2 is 1.82 bits per heavy atom. The predicted molar refractivity (Wildman–Crippen MR) is 120 cm³/mol. The summed E-state index contributed by atoms with van der Waals surface area (Å²) in [6.45, 7) is 4.92. The summed E-state index contributed by atoms with van der Waals surface area (Å²) >= 11 is 0. The van der Waals surface area contributed by atoms with Crippen molar-refractivity contribution in [2.75, 3.05) is 4.90 Å². The van der Waals surface area contributed by atoms with E-state index in [1.165, 1.54) is 0 Å². The molecule has 2 unspecified atom stereocenters. The van der Waals surface area contributed by atoms with Gasteiger partial charge in [-0.15, -0.1) is 0 Å². The lowest BCUT2D eigenvalue weighted by atomic mass is 9.89. The maximum absolute atomic E-state index is 12.8. The summed E-state index contributed by atoms with van der Waals surface area (Å²) in [5, 5.41) is 10.0. The zero-order valence-electron chi connectivity index (χ0n) is 19.0. The Balaban J connectivity index is 1.69. The number of hydrogen-bond acceptors (Lipinski definition) is 6. The van der Waals surface area contributed by atoms with Gasteiger partial charge in [0, 0.05) is 11.7 Å². The van der Waals surface area contributed by atoms with Gasteiger partial charge in [0.2, 0.25) is 10.0 Å².